The first-order valence-corrected chi connectivity index (χ1v) is 7.07. The predicted molar refractivity (Wildman–Crippen MR) is 83.8 cm³/mol. The van der Waals surface area contributed by atoms with Crippen molar-refractivity contribution in [3.8, 4) is 11.8 Å². The van der Waals surface area contributed by atoms with E-state index in [2.05, 4.69) is 25.7 Å². The Morgan fingerprint density at radius 2 is 2.15 bits per heavy atom. The Morgan fingerprint density at radius 3 is 2.70 bits per heavy atom. The van der Waals surface area contributed by atoms with E-state index in [9.17, 15) is 4.79 Å². The predicted octanol–water partition coefficient (Wildman–Crippen LogP) is 2.77. The molecule has 1 amide bonds. The molecule has 0 saturated heterocycles. The molecule has 20 heavy (non-hydrogen) atoms. The van der Waals surface area contributed by atoms with Gasteiger partial charge in [-0.1, -0.05) is 37.3 Å². The molecular formula is C16H21ClN2O. The van der Waals surface area contributed by atoms with Crippen LogP contribution in [0.2, 0.25) is 5.02 Å². The third-order valence-corrected chi connectivity index (χ3v) is 3.24. The number of benzene rings is 1. The average molecular weight is 293 g/mol. The van der Waals surface area contributed by atoms with Gasteiger partial charge in [0.25, 0.3) is 5.91 Å². The van der Waals surface area contributed by atoms with Crippen LogP contribution in [0.25, 0.3) is 0 Å². The highest BCUT2D eigenvalue weighted by molar-refractivity contribution is 6.32. The van der Waals surface area contributed by atoms with Crippen LogP contribution >= 0.6 is 11.6 Å². The second-order valence-corrected chi connectivity index (χ2v) is 5.52. The first kappa shape index (κ1) is 16.6. The van der Waals surface area contributed by atoms with Crippen molar-refractivity contribution in [2.75, 3.05) is 20.1 Å². The number of hydrogen-bond acceptors (Lipinski definition) is 2. The molecular weight excluding hydrogens is 272 g/mol. The van der Waals surface area contributed by atoms with Gasteiger partial charge in [0, 0.05) is 24.7 Å². The van der Waals surface area contributed by atoms with Crippen molar-refractivity contribution >= 4 is 17.5 Å². The second-order valence-electron chi connectivity index (χ2n) is 5.11. The molecule has 0 aromatic heterocycles. The minimum atomic E-state index is -0.0223. The third-order valence-electron chi connectivity index (χ3n) is 2.93. The van der Waals surface area contributed by atoms with E-state index >= 15 is 0 Å². The lowest BCUT2D eigenvalue weighted by atomic mass is 10.1. The fraction of sp³-hybridized carbons (Fsp3) is 0.438. The molecule has 0 aliphatic heterocycles. The normalized spacial score (nSPS) is 10.1. The Morgan fingerprint density at radius 1 is 1.45 bits per heavy atom. The Hall–Kier alpha value is -1.50. The fourth-order valence-electron chi connectivity index (χ4n) is 1.67. The van der Waals surface area contributed by atoms with Gasteiger partial charge in [-0.3, -0.25) is 4.79 Å². The van der Waals surface area contributed by atoms with E-state index in [4.69, 9.17) is 17.3 Å². The molecule has 1 aromatic rings. The molecule has 108 valence electrons. The lowest BCUT2D eigenvalue weighted by molar-refractivity contribution is 0.0789. The molecule has 0 radical (unpaired) electrons. The number of nitrogens with zero attached hydrogens (tertiary/aromatic N) is 1. The summed E-state index contributed by atoms with van der Waals surface area (Å²) in [5.74, 6) is 6.17. The Kier molecular flexibility index (Phi) is 6.57. The molecule has 0 bridgehead atoms. The van der Waals surface area contributed by atoms with E-state index < -0.39 is 0 Å². The first-order chi connectivity index (χ1) is 9.45. The fourth-order valence-corrected chi connectivity index (χ4v) is 1.90. The molecule has 0 atom stereocenters. The summed E-state index contributed by atoms with van der Waals surface area (Å²) in [7, 11) is 1.81. The van der Waals surface area contributed by atoms with E-state index in [0.29, 0.717) is 22.1 Å². The topological polar surface area (TPSA) is 46.3 Å². The molecule has 0 heterocycles. The second kappa shape index (κ2) is 7.94. The molecule has 1 aromatic carbocycles. The zero-order valence-corrected chi connectivity index (χ0v) is 13.0. The Labute approximate surface area is 126 Å². The van der Waals surface area contributed by atoms with Crippen LogP contribution in [0.5, 0.6) is 0 Å². The van der Waals surface area contributed by atoms with Gasteiger partial charge in [-0.25, -0.2) is 0 Å². The van der Waals surface area contributed by atoms with Crippen molar-refractivity contribution in [3.63, 3.8) is 0 Å². The summed E-state index contributed by atoms with van der Waals surface area (Å²) >= 11 is 6.13. The van der Waals surface area contributed by atoms with Crippen LogP contribution in [0, 0.1) is 17.8 Å². The number of halogens is 1. The van der Waals surface area contributed by atoms with Crippen molar-refractivity contribution in [2.45, 2.75) is 20.3 Å². The highest BCUT2D eigenvalue weighted by Gasteiger charge is 2.13. The molecule has 3 nitrogen and oxygen atoms in total. The zero-order chi connectivity index (χ0) is 15.1. The van der Waals surface area contributed by atoms with Crippen LogP contribution in [-0.4, -0.2) is 30.9 Å². The van der Waals surface area contributed by atoms with Crippen molar-refractivity contribution in [1.29, 1.82) is 0 Å². The van der Waals surface area contributed by atoms with Gasteiger partial charge in [-0.2, -0.15) is 0 Å². The summed E-state index contributed by atoms with van der Waals surface area (Å²) in [5.41, 5.74) is 6.60. The number of hydrogen-bond donors (Lipinski definition) is 1. The molecule has 0 fully saturated rings. The van der Waals surface area contributed by atoms with E-state index in [1.54, 1.807) is 30.1 Å². The van der Waals surface area contributed by atoms with Gasteiger partial charge in [0.05, 0.1) is 11.6 Å². The Bertz CT molecular complexity index is 529. The smallest absolute Gasteiger partial charge is 0.253 e. The maximum atomic E-state index is 12.2. The van der Waals surface area contributed by atoms with Crippen molar-refractivity contribution < 1.29 is 4.79 Å². The number of carbonyl (C=O) groups is 1. The standard InChI is InChI=1S/C16H21ClN2O/c1-12(2)8-10-19(3)16(20)14-7-6-13(5-4-9-18)15(17)11-14/h6-7,11-12H,8-10,18H2,1-3H3. The van der Waals surface area contributed by atoms with Gasteiger partial charge >= 0.3 is 0 Å². The lowest BCUT2D eigenvalue weighted by Gasteiger charge is -2.18. The Balaban J connectivity index is 2.81. The van der Waals surface area contributed by atoms with Crippen LogP contribution < -0.4 is 5.73 Å². The van der Waals surface area contributed by atoms with E-state index in [1.165, 1.54) is 0 Å². The van der Waals surface area contributed by atoms with Gasteiger partial charge in [0.2, 0.25) is 0 Å². The van der Waals surface area contributed by atoms with Gasteiger partial charge in [0.1, 0.15) is 0 Å². The van der Waals surface area contributed by atoms with Crippen LogP contribution in [-0.2, 0) is 0 Å². The highest BCUT2D eigenvalue weighted by atomic mass is 35.5. The quantitative estimate of drug-likeness (QED) is 0.868. The molecule has 0 aliphatic carbocycles. The molecule has 0 spiro atoms. The summed E-state index contributed by atoms with van der Waals surface area (Å²) in [4.78, 5) is 14.0. The molecule has 1 rings (SSSR count). The van der Waals surface area contributed by atoms with Crippen LogP contribution in [0.15, 0.2) is 18.2 Å². The van der Waals surface area contributed by atoms with Crippen LogP contribution in [0.1, 0.15) is 36.2 Å². The van der Waals surface area contributed by atoms with Gasteiger partial charge in [0.15, 0.2) is 0 Å². The number of nitrogens with two attached hydrogens (primary N) is 1. The average Bonchev–Trinajstić information content (AvgIpc) is 2.42. The summed E-state index contributed by atoms with van der Waals surface area (Å²) < 4.78 is 0. The highest BCUT2D eigenvalue weighted by Crippen LogP contribution is 2.18. The SMILES string of the molecule is CC(C)CCN(C)C(=O)c1ccc(C#CCN)c(Cl)c1. The van der Waals surface area contributed by atoms with Gasteiger partial charge < -0.3 is 10.6 Å². The lowest BCUT2D eigenvalue weighted by Crippen LogP contribution is -2.28. The molecule has 0 saturated carbocycles. The summed E-state index contributed by atoms with van der Waals surface area (Å²) in [6.45, 7) is 5.30. The molecule has 0 aliphatic rings. The minimum Gasteiger partial charge on any atom is -0.342 e. The maximum Gasteiger partial charge on any atom is 0.253 e. The third kappa shape index (κ3) is 4.88. The van der Waals surface area contributed by atoms with Gasteiger partial charge in [-0.15, -0.1) is 0 Å². The summed E-state index contributed by atoms with van der Waals surface area (Å²) in [6, 6.07) is 5.17. The van der Waals surface area contributed by atoms with Crippen molar-refractivity contribution in [1.82, 2.24) is 4.90 Å². The monoisotopic (exact) mass is 292 g/mol. The summed E-state index contributed by atoms with van der Waals surface area (Å²) in [5, 5.41) is 0.481. The zero-order valence-electron chi connectivity index (χ0n) is 12.2. The number of carbonyl (C=O) groups excluding carboxylic acids is 1. The largest absolute Gasteiger partial charge is 0.342 e. The van der Waals surface area contributed by atoms with Crippen LogP contribution in [0.4, 0.5) is 0 Å². The van der Waals surface area contributed by atoms with Crippen molar-refractivity contribution in [3.05, 3.63) is 34.3 Å². The first-order valence-electron chi connectivity index (χ1n) is 6.69. The van der Waals surface area contributed by atoms with Crippen LogP contribution in [0.3, 0.4) is 0 Å². The number of amides is 1. The minimum absolute atomic E-state index is 0.0223. The maximum absolute atomic E-state index is 12.2. The van der Waals surface area contributed by atoms with E-state index in [-0.39, 0.29) is 12.5 Å². The summed E-state index contributed by atoms with van der Waals surface area (Å²) in [6.07, 6.45) is 0.982. The molecule has 0 unspecified atom stereocenters. The molecule has 2 N–H and O–H groups in total. The van der Waals surface area contributed by atoms with E-state index in [0.717, 1.165) is 13.0 Å². The van der Waals surface area contributed by atoms with E-state index in [1.807, 2.05) is 0 Å². The number of rotatable bonds is 4. The van der Waals surface area contributed by atoms with Gasteiger partial charge in [-0.05, 0) is 30.5 Å². The molecule has 4 heteroatoms. The van der Waals surface area contributed by atoms with Crippen molar-refractivity contribution in [2.24, 2.45) is 11.7 Å².